The molecule has 0 bridgehead atoms. The van der Waals surface area contributed by atoms with Crippen LogP contribution in [0.2, 0.25) is 0 Å². The molecule has 1 N–H and O–H groups in total. The summed E-state index contributed by atoms with van der Waals surface area (Å²) < 4.78 is 12.8. The van der Waals surface area contributed by atoms with Gasteiger partial charge in [-0.1, -0.05) is 6.08 Å². The fraction of sp³-hybridized carbons (Fsp3) is 0.273. The number of pyridine rings is 1. The summed E-state index contributed by atoms with van der Waals surface area (Å²) in [5, 5.41) is 8.68. The Balaban J connectivity index is 2.66. The van der Waals surface area contributed by atoms with Gasteiger partial charge in [-0.15, -0.1) is 6.58 Å². The topological polar surface area (TPSA) is 53.4 Å². The van der Waals surface area contributed by atoms with Crippen molar-refractivity contribution < 1.29 is 14.3 Å². The van der Waals surface area contributed by atoms with Gasteiger partial charge in [-0.2, -0.15) is 0 Å². The van der Waals surface area contributed by atoms with Crippen LogP contribution in [0.5, 0.6) is 0 Å². The van der Waals surface area contributed by atoms with Crippen LogP contribution >= 0.6 is 0 Å². The highest BCUT2D eigenvalue weighted by Crippen LogP contribution is 2.05. The molecule has 1 heterocycles. The van der Waals surface area contributed by atoms with E-state index < -0.39 is 11.8 Å². The molecule has 1 aromatic rings. The maximum absolute atomic E-state index is 12.8. The molecule has 0 atom stereocenters. The zero-order valence-corrected chi connectivity index (χ0v) is 8.77. The Morgan fingerprint density at radius 3 is 2.94 bits per heavy atom. The van der Waals surface area contributed by atoms with Gasteiger partial charge in [0.2, 0.25) is 0 Å². The van der Waals surface area contributed by atoms with Crippen molar-refractivity contribution in [1.82, 2.24) is 9.88 Å². The van der Waals surface area contributed by atoms with Crippen LogP contribution in [-0.2, 0) is 11.3 Å². The van der Waals surface area contributed by atoms with Gasteiger partial charge in [0.15, 0.2) is 0 Å². The lowest BCUT2D eigenvalue weighted by Gasteiger charge is -2.17. The Hall–Kier alpha value is -1.75. The smallest absolute Gasteiger partial charge is 0.317 e. The average molecular weight is 224 g/mol. The second-order valence-electron chi connectivity index (χ2n) is 3.36. The standard InChI is InChI=1S/C11H13FN2O2/c1-2-3-14(8-11(15)16)7-9-4-10(12)6-13-5-9/h2,4-6H,1,3,7-8H2,(H,15,16). The molecule has 0 aliphatic rings. The minimum atomic E-state index is -0.925. The molecule has 0 saturated carbocycles. The number of rotatable bonds is 6. The molecule has 4 nitrogen and oxygen atoms in total. The molecular weight excluding hydrogens is 211 g/mol. The molecule has 0 unspecified atom stereocenters. The van der Waals surface area contributed by atoms with Crippen molar-refractivity contribution >= 4 is 5.97 Å². The molecule has 86 valence electrons. The van der Waals surface area contributed by atoms with Crippen LogP contribution in [0, 0.1) is 5.82 Å². The van der Waals surface area contributed by atoms with Crippen LogP contribution in [0.15, 0.2) is 31.1 Å². The van der Waals surface area contributed by atoms with Gasteiger partial charge in [-0.05, 0) is 11.6 Å². The van der Waals surface area contributed by atoms with Crippen LogP contribution < -0.4 is 0 Å². The van der Waals surface area contributed by atoms with E-state index >= 15 is 0 Å². The van der Waals surface area contributed by atoms with Gasteiger partial charge in [-0.3, -0.25) is 14.7 Å². The average Bonchev–Trinajstić information content (AvgIpc) is 2.16. The summed E-state index contributed by atoms with van der Waals surface area (Å²) in [7, 11) is 0. The van der Waals surface area contributed by atoms with Crippen LogP contribution in [0.25, 0.3) is 0 Å². The van der Waals surface area contributed by atoms with Gasteiger partial charge in [0.05, 0.1) is 12.7 Å². The summed E-state index contributed by atoms with van der Waals surface area (Å²) in [5.74, 6) is -1.35. The van der Waals surface area contributed by atoms with Crippen molar-refractivity contribution in [3.05, 3.63) is 42.5 Å². The van der Waals surface area contributed by atoms with Gasteiger partial charge in [0.1, 0.15) is 5.82 Å². The number of nitrogens with zero attached hydrogens (tertiary/aromatic N) is 2. The SMILES string of the molecule is C=CCN(CC(=O)O)Cc1cncc(F)c1. The second kappa shape index (κ2) is 5.97. The summed E-state index contributed by atoms with van der Waals surface area (Å²) in [5.41, 5.74) is 0.642. The van der Waals surface area contributed by atoms with E-state index in [2.05, 4.69) is 11.6 Å². The van der Waals surface area contributed by atoms with E-state index in [9.17, 15) is 9.18 Å². The molecular formula is C11H13FN2O2. The minimum absolute atomic E-state index is 0.109. The largest absolute Gasteiger partial charge is 0.480 e. The predicted molar refractivity (Wildman–Crippen MR) is 57.3 cm³/mol. The number of hydrogen-bond donors (Lipinski definition) is 1. The van der Waals surface area contributed by atoms with E-state index in [4.69, 9.17) is 5.11 Å². The third kappa shape index (κ3) is 4.18. The van der Waals surface area contributed by atoms with E-state index in [1.165, 1.54) is 12.3 Å². The van der Waals surface area contributed by atoms with E-state index in [1.807, 2.05) is 0 Å². The van der Waals surface area contributed by atoms with Crippen molar-refractivity contribution in [1.29, 1.82) is 0 Å². The van der Waals surface area contributed by atoms with Crippen molar-refractivity contribution in [3.8, 4) is 0 Å². The first-order chi connectivity index (χ1) is 7.61. The Morgan fingerprint density at radius 2 is 2.38 bits per heavy atom. The molecule has 5 heteroatoms. The minimum Gasteiger partial charge on any atom is -0.480 e. The summed E-state index contributed by atoms with van der Waals surface area (Å²) in [6, 6.07) is 1.34. The Bertz CT molecular complexity index is 382. The van der Waals surface area contributed by atoms with E-state index in [0.717, 1.165) is 6.20 Å². The molecule has 0 aromatic carbocycles. The second-order valence-corrected chi connectivity index (χ2v) is 3.36. The lowest BCUT2D eigenvalue weighted by molar-refractivity contribution is -0.138. The molecule has 0 aliphatic carbocycles. The maximum atomic E-state index is 12.8. The normalized spacial score (nSPS) is 10.4. The molecule has 16 heavy (non-hydrogen) atoms. The highest BCUT2D eigenvalue weighted by Gasteiger charge is 2.09. The number of carboxylic acids is 1. The summed E-state index contributed by atoms with van der Waals surface area (Å²) in [6.07, 6.45) is 4.23. The number of halogens is 1. The number of aliphatic carboxylic acids is 1. The Kier molecular flexibility index (Phi) is 4.60. The lowest BCUT2D eigenvalue weighted by atomic mass is 10.2. The Labute approximate surface area is 93.0 Å². The number of hydrogen-bond acceptors (Lipinski definition) is 3. The maximum Gasteiger partial charge on any atom is 0.317 e. The lowest BCUT2D eigenvalue weighted by Crippen LogP contribution is -2.29. The predicted octanol–water partition coefficient (Wildman–Crippen LogP) is 1.29. The van der Waals surface area contributed by atoms with Gasteiger partial charge in [-0.25, -0.2) is 4.39 Å². The first-order valence-electron chi connectivity index (χ1n) is 4.76. The van der Waals surface area contributed by atoms with E-state index in [-0.39, 0.29) is 6.54 Å². The summed E-state index contributed by atoms with van der Waals surface area (Å²) in [6.45, 7) is 4.20. The number of carboxylic acid groups (broad SMARTS) is 1. The van der Waals surface area contributed by atoms with Gasteiger partial charge in [0, 0.05) is 19.3 Å². The fourth-order valence-electron chi connectivity index (χ4n) is 1.36. The van der Waals surface area contributed by atoms with Crippen molar-refractivity contribution in [2.45, 2.75) is 6.54 Å². The first kappa shape index (κ1) is 12.3. The first-order valence-corrected chi connectivity index (χ1v) is 4.76. The van der Waals surface area contributed by atoms with Crippen LogP contribution in [0.4, 0.5) is 4.39 Å². The quantitative estimate of drug-likeness (QED) is 0.740. The zero-order valence-electron chi connectivity index (χ0n) is 8.77. The van der Waals surface area contributed by atoms with Gasteiger partial charge >= 0.3 is 5.97 Å². The van der Waals surface area contributed by atoms with Crippen LogP contribution in [0.1, 0.15) is 5.56 Å². The Morgan fingerprint density at radius 1 is 1.62 bits per heavy atom. The molecule has 1 rings (SSSR count). The van der Waals surface area contributed by atoms with Crippen LogP contribution in [0.3, 0.4) is 0 Å². The third-order valence-electron chi connectivity index (χ3n) is 1.91. The molecule has 0 amide bonds. The molecule has 0 aliphatic heterocycles. The molecule has 0 fully saturated rings. The molecule has 1 aromatic heterocycles. The monoisotopic (exact) mass is 224 g/mol. The molecule has 0 saturated heterocycles. The van der Waals surface area contributed by atoms with Gasteiger partial charge in [0.25, 0.3) is 0 Å². The summed E-state index contributed by atoms with van der Waals surface area (Å²) in [4.78, 5) is 15.9. The van der Waals surface area contributed by atoms with Crippen LogP contribution in [-0.4, -0.2) is 34.0 Å². The van der Waals surface area contributed by atoms with Gasteiger partial charge < -0.3 is 5.11 Å². The number of carbonyl (C=O) groups is 1. The third-order valence-corrected chi connectivity index (χ3v) is 1.91. The van der Waals surface area contributed by atoms with E-state index in [1.54, 1.807) is 11.0 Å². The molecule has 0 radical (unpaired) electrons. The summed E-state index contributed by atoms with van der Waals surface area (Å²) >= 11 is 0. The van der Waals surface area contributed by atoms with Crippen molar-refractivity contribution in [2.75, 3.05) is 13.1 Å². The fourth-order valence-corrected chi connectivity index (χ4v) is 1.36. The zero-order chi connectivity index (χ0) is 12.0. The highest BCUT2D eigenvalue weighted by atomic mass is 19.1. The highest BCUT2D eigenvalue weighted by molar-refractivity contribution is 5.69. The van der Waals surface area contributed by atoms with E-state index in [0.29, 0.717) is 18.7 Å². The molecule has 0 spiro atoms. The van der Waals surface area contributed by atoms with Crippen molar-refractivity contribution in [3.63, 3.8) is 0 Å². The van der Waals surface area contributed by atoms with Crippen molar-refractivity contribution in [2.24, 2.45) is 0 Å². The number of aromatic nitrogens is 1.